The predicted octanol–water partition coefficient (Wildman–Crippen LogP) is 2.98. The molecule has 0 aliphatic rings. The van der Waals surface area contributed by atoms with Crippen LogP contribution in [0.4, 0.5) is 0 Å². The second kappa shape index (κ2) is 3.16. The second-order valence-corrected chi connectivity index (χ2v) is 4.00. The number of hydrogen-bond acceptors (Lipinski definition) is 3. The van der Waals surface area contributed by atoms with Crippen molar-refractivity contribution in [2.75, 3.05) is 0 Å². The van der Waals surface area contributed by atoms with Crippen molar-refractivity contribution in [2.24, 2.45) is 0 Å². The van der Waals surface area contributed by atoms with Crippen LogP contribution in [-0.4, -0.2) is 4.98 Å². The van der Waals surface area contributed by atoms with Gasteiger partial charge in [-0.2, -0.15) is 5.26 Å². The van der Waals surface area contributed by atoms with Crippen molar-refractivity contribution < 1.29 is 4.42 Å². The van der Waals surface area contributed by atoms with E-state index in [0.29, 0.717) is 11.1 Å². The molecule has 1 aromatic carbocycles. The van der Waals surface area contributed by atoms with Crippen LogP contribution in [-0.2, 0) is 4.33 Å². The number of nitrogens with zero attached hydrogens (tertiary/aromatic N) is 2. The zero-order valence-corrected chi connectivity index (χ0v) is 8.38. The first-order chi connectivity index (χ1) is 6.63. The summed E-state index contributed by atoms with van der Waals surface area (Å²) in [7, 11) is 0. The maximum atomic E-state index is 8.66. The third-order valence-electron chi connectivity index (χ3n) is 1.70. The molecule has 0 fully saturated rings. The first-order valence-corrected chi connectivity index (χ1v) is 4.54. The molecule has 0 unspecified atom stereocenters. The summed E-state index contributed by atoms with van der Waals surface area (Å²) in [4.78, 5) is 4.00. The van der Waals surface area contributed by atoms with E-state index in [0.717, 1.165) is 0 Å². The van der Waals surface area contributed by atoms with Crippen molar-refractivity contribution in [2.45, 2.75) is 4.33 Å². The molecular formula is C9H4Cl2N2O. The second-order valence-electron chi connectivity index (χ2n) is 2.67. The molecule has 2 rings (SSSR count). The third-order valence-corrected chi connectivity index (χ3v) is 2.20. The van der Waals surface area contributed by atoms with Crippen LogP contribution in [0.15, 0.2) is 28.7 Å². The maximum absolute atomic E-state index is 8.66. The Morgan fingerprint density at radius 3 is 2.71 bits per heavy atom. The quantitative estimate of drug-likeness (QED) is 0.703. The summed E-state index contributed by atoms with van der Waals surface area (Å²) >= 11 is 11.3. The van der Waals surface area contributed by atoms with Gasteiger partial charge in [-0.15, -0.1) is 0 Å². The zero-order valence-electron chi connectivity index (χ0n) is 6.87. The van der Waals surface area contributed by atoms with Crippen LogP contribution in [0.25, 0.3) is 11.1 Å². The van der Waals surface area contributed by atoms with E-state index in [1.54, 1.807) is 24.3 Å². The normalized spacial score (nSPS) is 11.5. The number of fused-ring (bicyclic) bond motifs is 1. The molecule has 0 amide bonds. The number of alkyl halides is 2. The molecule has 0 saturated heterocycles. The molecule has 3 nitrogen and oxygen atoms in total. The van der Waals surface area contributed by atoms with Gasteiger partial charge < -0.3 is 4.42 Å². The monoisotopic (exact) mass is 226 g/mol. The molecule has 0 radical (unpaired) electrons. The van der Waals surface area contributed by atoms with Crippen LogP contribution in [0, 0.1) is 11.3 Å². The number of aromatic nitrogens is 1. The highest BCUT2D eigenvalue weighted by Gasteiger charge is 2.32. The van der Waals surface area contributed by atoms with E-state index in [1.165, 1.54) is 0 Å². The summed E-state index contributed by atoms with van der Waals surface area (Å²) in [6.07, 6.45) is 0. The minimum Gasteiger partial charge on any atom is -0.436 e. The fourth-order valence-electron chi connectivity index (χ4n) is 1.05. The van der Waals surface area contributed by atoms with Gasteiger partial charge in [-0.3, -0.25) is 0 Å². The van der Waals surface area contributed by atoms with Crippen molar-refractivity contribution in [3.05, 3.63) is 30.2 Å². The highest BCUT2D eigenvalue weighted by atomic mass is 35.5. The Kier molecular flexibility index (Phi) is 2.10. The number of hydrogen-bond donors (Lipinski definition) is 0. The number of benzene rings is 1. The third kappa shape index (κ3) is 1.43. The zero-order chi connectivity index (χ0) is 10.2. The van der Waals surface area contributed by atoms with E-state index in [2.05, 4.69) is 4.98 Å². The summed E-state index contributed by atoms with van der Waals surface area (Å²) in [6.45, 7) is 0. The highest BCUT2D eigenvalue weighted by Crippen LogP contribution is 2.33. The Hall–Kier alpha value is -1.24. The molecule has 0 aliphatic heterocycles. The lowest BCUT2D eigenvalue weighted by Gasteiger charge is -2.02. The average Bonchev–Trinajstić information content (AvgIpc) is 2.61. The molecule has 70 valence electrons. The van der Waals surface area contributed by atoms with Gasteiger partial charge in [0.2, 0.25) is 5.89 Å². The summed E-state index contributed by atoms with van der Waals surface area (Å²) in [6, 6.07) is 8.79. The lowest BCUT2D eigenvalue weighted by atomic mass is 10.3. The summed E-state index contributed by atoms with van der Waals surface area (Å²) in [5.41, 5.74) is 1.19. The molecule has 2 aromatic rings. The fourth-order valence-corrected chi connectivity index (χ4v) is 1.22. The van der Waals surface area contributed by atoms with Crippen molar-refractivity contribution in [3.8, 4) is 6.07 Å². The number of para-hydroxylation sites is 2. The minimum atomic E-state index is -1.72. The van der Waals surface area contributed by atoms with Crippen molar-refractivity contribution >= 4 is 34.3 Å². The van der Waals surface area contributed by atoms with Gasteiger partial charge in [0.25, 0.3) is 4.33 Å². The van der Waals surface area contributed by atoms with Gasteiger partial charge in [-0.25, -0.2) is 4.98 Å². The molecule has 0 spiro atoms. The topological polar surface area (TPSA) is 49.8 Å². The Balaban J connectivity index is 2.62. The van der Waals surface area contributed by atoms with Crippen LogP contribution in [0.2, 0.25) is 0 Å². The first-order valence-electron chi connectivity index (χ1n) is 3.78. The van der Waals surface area contributed by atoms with Gasteiger partial charge in [-0.1, -0.05) is 35.3 Å². The lowest BCUT2D eigenvalue weighted by Crippen LogP contribution is -2.06. The molecule has 1 aromatic heterocycles. The smallest absolute Gasteiger partial charge is 0.278 e. The van der Waals surface area contributed by atoms with Gasteiger partial charge >= 0.3 is 0 Å². The van der Waals surface area contributed by atoms with Gasteiger partial charge in [0.15, 0.2) is 5.58 Å². The van der Waals surface area contributed by atoms with Crippen molar-refractivity contribution in [1.29, 1.82) is 5.26 Å². The van der Waals surface area contributed by atoms with E-state index in [-0.39, 0.29) is 5.89 Å². The first kappa shape index (κ1) is 9.32. The highest BCUT2D eigenvalue weighted by molar-refractivity contribution is 6.49. The standard InChI is InChI=1S/C9H4Cl2N2O/c10-9(11,5-12)8-13-6-3-1-2-4-7(6)14-8/h1-4H. The SMILES string of the molecule is N#CC(Cl)(Cl)c1nc2ccccc2o1. The summed E-state index contributed by atoms with van der Waals surface area (Å²) in [5.74, 6) is 0.00420. The van der Waals surface area contributed by atoms with Gasteiger partial charge in [0.1, 0.15) is 11.6 Å². The van der Waals surface area contributed by atoms with Gasteiger partial charge in [0.05, 0.1) is 0 Å². The van der Waals surface area contributed by atoms with Crippen molar-refractivity contribution in [3.63, 3.8) is 0 Å². The van der Waals surface area contributed by atoms with E-state index >= 15 is 0 Å². The largest absolute Gasteiger partial charge is 0.436 e. The Morgan fingerprint density at radius 2 is 2.07 bits per heavy atom. The van der Waals surface area contributed by atoms with E-state index < -0.39 is 4.33 Å². The van der Waals surface area contributed by atoms with Crippen LogP contribution in [0.5, 0.6) is 0 Å². The number of rotatable bonds is 1. The summed E-state index contributed by atoms with van der Waals surface area (Å²) in [5, 5.41) is 8.66. The molecule has 0 aliphatic carbocycles. The lowest BCUT2D eigenvalue weighted by molar-refractivity contribution is 0.530. The molecule has 1 heterocycles. The van der Waals surface area contributed by atoms with Gasteiger partial charge in [0, 0.05) is 0 Å². The summed E-state index contributed by atoms with van der Waals surface area (Å²) < 4.78 is 3.50. The average molecular weight is 227 g/mol. The minimum absolute atomic E-state index is 0.00420. The molecule has 0 atom stereocenters. The predicted molar refractivity (Wildman–Crippen MR) is 53.0 cm³/mol. The van der Waals surface area contributed by atoms with Crippen LogP contribution in [0.3, 0.4) is 0 Å². The van der Waals surface area contributed by atoms with E-state index in [1.807, 2.05) is 6.07 Å². The van der Waals surface area contributed by atoms with Gasteiger partial charge in [-0.05, 0) is 12.1 Å². The van der Waals surface area contributed by atoms with E-state index in [9.17, 15) is 0 Å². The van der Waals surface area contributed by atoms with Crippen LogP contribution < -0.4 is 0 Å². The van der Waals surface area contributed by atoms with Crippen LogP contribution >= 0.6 is 23.2 Å². The Morgan fingerprint density at radius 1 is 1.36 bits per heavy atom. The Bertz CT molecular complexity index is 480. The molecule has 0 bridgehead atoms. The number of nitriles is 1. The van der Waals surface area contributed by atoms with E-state index in [4.69, 9.17) is 32.9 Å². The number of halogens is 2. The Labute approximate surface area is 89.9 Å². The fraction of sp³-hybridized carbons (Fsp3) is 0.111. The maximum Gasteiger partial charge on any atom is 0.278 e. The van der Waals surface area contributed by atoms with Crippen LogP contribution in [0.1, 0.15) is 5.89 Å². The van der Waals surface area contributed by atoms with Crippen molar-refractivity contribution in [1.82, 2.24) is 4.98 Å². The molecule has 0 saturated carbocycles. The molecular weight excluding hydrogens is 223 g/mol. The molecule has 0 N–H and O–H groups in total. The molecule has 14 heavy (non-hydrogen) atoms. The number of oxazole rings is 1. The molecule has 5 heteroatoms.